The minimum absolute atomic E-state index is 0.00653. The van der Waals surface area contributed by atoms with Crippen molar-refractivity contribution in [3.05, 3.63) is 0 Å². The molecule has 0 aliphatic carbocycles. The number of rotatable bonds is 7. The second-order valence-electron chi connectivity index (χ2n) is 4.90. The third-order valence-corrected chi connectivity index (χ3v) is 3.36. The van der Waals surface area contributed by atoms with E-state index in [0.29, 0.717) is 13.2 Å². The van der Waals surface area contributed by atoms with Crippen molar-refractivity contribution in [2.45, 2.75) is 32.2 Å². The monoisotopic (exact) mass is 258 g/mol. The van der Waals surface area contributed by atoms with Gasteiger partial charge in [-0.3, -0.25) is 4.79 Å². The molecule has 1 heterocycles. The van der Waals surface area contributed by atoms with Crippen LogP contribution in [0.4, 0.5) is 0 Å². The molecule has 0 aromatic carbocycles. The number of carbonyl (C=O) groups excluding carboxylic acids is 1. The van der Waals surface area contributed by atoms with Gasteiger partial charge >= 0.3 is 0 Å². The van der Waals surface area contributed by atoms with Gasteiger partial charge in [-0.15, -0.1) is 0 Å². The van der Waals surface area contributed by atoms with E-state index in [4.69, 9.17) is 9.84 Å². The Morgan fingerprint density at radius 1 is 1.44 bits per heavy atom. The summed E-state index contributed by atoms with van der Waals surface area (Å²) in [6, 6.07) is 0.256. The van der Waals surface area contributed by atoms with Gasteiger partial charge in [0.1, 0.15) is 6.61 Å². The van der Waals surface area contributed by atoms with Crippen LogP contribution in [0, 0.1) is 0 Å². The van der Waals surface area contributed by atoms with Crippen LogP contribution in [0.15, 0.2) is 0 Å². The Labute approximate surface area is 110 Å². The Balaban J connectivity index is 2.44. The molecule has 1 N–H and O–H groups in total. The number of nitrogens with zero attached hydrogens (tertiary/aromatic N) is 2. The minimum atomic E-state index is 0.00653. The van der Waals surface area contributed by atoms with Crippen LogP contribution in [0.5, 0.6) is 0 Å². The van der Waals surface area contributed by atoms with E-state index in [2.05, 4.69) is 11.9 Å². The summed E-state index contributed by atoms with van der Waals surface area (Å²) in [6.07, 6.45) is 2.88. The molecule has 0 saturated carbocycles. The fourth-order valence-electron chi connectivity index (χ4n) is 2.31. The molecule has 0 atom stereocenters. The number of carbonyl (C=O) groups is 1. The highest BCUT2D eigenvalue weighted by molar-refractivity contribution is 5.77. The molecule has 5 heteroatoms. The highest BCUT2D eigenvalue weighted by Crippen LogP contribution is 2.15. The topological polar surface area (TPSA) is 53.0 Å². The molecule has 5 nitrogen and oxygen atoms in total. The summed E-state index contributed by atoms with van der Waals surface area (Å²) in [5.41, 5.74) is 0. The molecule has 18 heavy (non-hydrogen) atoms. The lowest BCUT2D eigenvalue weighted by Gasteiger charge is -2.37. The minimum Gasteiger partial charge on any atom is -0.395 e. The van der Waals surface area contributed by atoms with E-state index in [1.807, 2.05) is 6.92 Å². The van der Waals surface area contributed by atoms with E-state index < -0.39 is 0 Å². The van der Waals surface area contributed by atoms with Gasteiger partial charge in [-0.2, -0.15) is 0 Å². The maximum atomic E-state index is 12.1. The van der Waals surface area contributed by atoms with Crippen LogP contribution in [0.1, 0.15) is 26.2 Å². The van der Waals surface area contributed by atoms with Crippen LogP contribution in [0.3, 0.4) is 0 Å². The van der Waals surface area contributed by atoms with Crippen molar-refractivity contribution in [3.63, 3.8) is 0 Å². The smallest absolute Gasteiger partial charge is 0.248 e. The zero-order valence-corrected chi connectivity index (χ0v) is 11.6. The molecule has 0 radical (unpaired) electrons. The summed E-state index contributed by atoms with van der Waals surface area (Å²) in [5, 5.41) is 9.09. The van der Waals surface area contributed by atoms with Crippen LogP contribution in [0.2, 0.25) is 0 Å². The average Bonchev–Trinajstić information content (AvgIpc) is 2.37. The molecule has 1 rings (SSSR count). The number of amides is 1. The number of hydrogen-bond donors (Lipinski definition) is 1. The van der Waals surface area contributed by atoms with Gasteiger partial charge < -0.3 is 19.6 Å². The molecule has 106 valence electrons. The predicted octanol–water partition coefficient (Wildman–Crippen LogP) is 0.328. The van der Waals surface area contributed by atoms with Crippen molar-refractivity contribution in [1.29, 1.82) is 0 Å². The van der Waals surface area contributed by atoms with Crippen LogP contribution in [-0.4, -0.2) is 73.4 Å². The molecule has 0 unspecified atom stereocenters. The second-order valence-corrected chi connectivity index (χ2v) is 4.90. The summed E-state index contributed by atoms with van der Waals surface area (Å²) in [6.45, 7) is 5.24. The summed E-state index contributed by atoms with van der Waals surface area (Å²) >= 11 is 0. The number of piperidine rings is 1. The van der Waals surface area contributed by atoms with Crippen molar-refractivity contribution >= 4 is 5.91 Å². The first-order chi connectivity index (χ1) is 8.69. The van der Waals surface area contributed by atoms with Crippen molar-refractivity contribution in [2.24, 2.45) is 0 Å². The normalized spacial score (nSPS) is 17.9. The lowest BCUT2D eigenvalue weighted by atomic mass is 10.0. The largest absolute Gasteiger partial charge is 0.395 e. The fourth-order valence-corrected chi connectivity index (χ4v) is 2.31. The SMILES string of the molecule is CCCOCC(=O)N(CCO)C1CCN(C)CC1. The Morgan fingerprint density at radius 2 is 2.11 bits per heavy atom. The van der Waals surface area contributed by atoms with Gasteiger partial charge in [0.2, 0.25) is 5.91 Å². The Morgan fingerprint density at radius 3 is 2.67 bits per heavy atom. The van der Waals surface area contributed by atoms with E-state index in [1.54, 1.807) is 4.90 Å². The molecule has 1 fully saturated rings. The van der Waals surface area contributed by atoms with Crippen LogP contribution >= 0.6 is 0 Å². The van der Waals surface area contributed by atoms with Crippen molar-refractivity contribution < 1.29 is 14.6 Å². The highest BCUT2D eigenvalue weighted by atomic mass is 16.5. The molecule has 0 aromatic rings. The quantitative estimate of drug-likeness (QED) is 0.669. The van der Waals surface area contributed by atoms with E-state index >= 15 is 0 Å². The van der Waals surface area contributed by atoms with Gasteiger partial charge in [-0.1, -0.05) is 6.92 Å². The van der Waals surface area contributed by atoms with E-state index in [0.717, 1.165) is 32.4 Å². The summed E-state index contributed by atoms with van der Waals surface area (Å²) in [5.74, 6) is 0.00653. The first kappa shape index (κ1) is 15.4. The number of aliphatic hydroxyl groups is 1. The summed E-state index contributed by atoms with van der Waals surface area (Å²) in [4.78, 5) is 16.1. The van der Waals surface area contributed by atoms with Gasteiger partial charge in [0.15, 0.2) is 0 Å². The van der Waals surface area contributed by atoms with Crippen LogP contribution in [-0.2, 0) is 9.53 Å². The van der Waals surface area contributed by atoms with E-state index in [-0.39, 0.29) is 25.2 Å². The Kier molecular flexibility index (Phi) is 7.23. The maximum Gasteiger partial charge on any atom is 0.248 e. The average molecular weight is 258 g/mol. The maximum absolute atomic E-state index is 12.1. The first-order valence-electron chi connectivity index (χ1n) is 6.85. The second kappa shape index (κ2) is 8.45. The lowest BCUT2D eigenvalue weighted by molar-refractivity contribution is -0.140. The third-order valence-electron chi connectivity index (χ3n) is 3.36. The molecule has 1 saturated heterocycles. The first-order valence-corrected chi connectivity index (χ1v) is 6.85. The van der Waals surface area contributed by atoms with Crippen molar-refractivity contribution in [2.75, 3.05) is 46.5 Å². The van der Waals surface area contributed by atoms with Crippen molar-refractivity contribution in [1.82, 2.24) is 9.80 Å². The van der Waals surface area contributed by atoms with Crippen LogP contribution < -0.4 is 0 Å². The van der Waals surface area contributed by atoms with Gasteiger partial charge in [0.05, 0.1) is 6.61 Å². The molecular formula is C13H26N2O3. The van der Waals surface area contributed by atoms with E-state index in [9.17, 15) is 4.79 Å². The third kappa shape index (κ3) is 4.92. The Hall–Kier alpha value is -0.650. The molecule has 1 amide bonds. The molecule has 0 spiro atoms. The van der Waals surface area contributed by atoms with Gasteiger partial charge in [-0.25, -0.2) is 0 Å². The number of hydrogen-bond acceptors (Lipinski definition) is 4. The Bertz CT molecular complexity index is 240. The molecular weight excluding hydrogens is 232 g/mol. The summed E-state index contributed by atoms with van der Waals surface area (Å²) in [7, 11) is 2.10. The molecule has 0 aromatic heterocycles. The van der Waals surface area contributed by atoms with Crippen molar-refractivity contribution in [3.8, 4) is 0 Å². The summed E-state index contributed by atoms with van der Waals surface area (Å²) < 4.78 is 5.30. The fraction of sp³-hybridized carbons (Fsp3) is 0.923. The van der Waals surface area contributed by atoms with Gasteiger partial charge in [0, 0.05) is 19.2 Å². The number of ether oxygens (including phenoxy) is 1. The number of aliphatic hydroxyl groups excluding tert-OH is 1. The zero-order chi connectivity index (χ0) is 13.4. The van der Waals surface area contributed by atoms with Crippen LogP contribution in [0.25, 0.3) is 0 Å². The highest BCUT2D eigenvalue weighted by Gasteiger charge is 2.26. The lowest BCUT2D eigenvalue weighted by Crippen LogP contribution is -2.48. The molecule has 1 aliphatic heterocycles. The van der Waals surface area contributed by atoms with Gasteiger partial charge in [-0.05, 0) is 39.4 Å². The van der Waals surface area contributed by atoms with E-state index in [1.165, 1.54) is 0 Å². The standard InChI is InChI=1S/C13H26N2O3/c1-3-10-18-11-13(17)15(8-9-16)12-4-6-14(2)7-5-12/h12,16H,3-11H2,1-2H3. The predicted molar refractivity (Wildman–Crippen MR) is 70.4 cm³/mol. The van der Waals surface area contributed by atoms with Gasteiger partial charge in [0.25, 0.3) is 0 Å². The number of likely N-dealkylation sites (tertiary alicyclic amines) is 1. The molecule has 0 bridgehead atoms. The zero-order valence-electron chi connectivity index (χ0n) is 11.6. The molecule has 1 aliphatic rings.